The van der Waals surface area contributed by atoms with Crippen LogP contribution in [0, 0.1) is 13.8 Å². The standard InChI is InChI=1S/C25H29N3O3/c1-16-12-23(30-3)17(2)11-20(16)14-26-15-22(18-7-5-4-6-8-18)27-25(29)21-13-24(31-28-21)19-9-10-19/h4-8,11-13,19,22,26H,9-10,14-15H2,1-3H3,(H,27,29). The molecule has 3 aromatic rings. The SMILES string of the molecule is COc1cc(C)c(CNCC(NC(=O)c2cc(C3CC3)on2)c2ccccc2)cc1C. The Labute approximate surface area is 183 Å². The summed E-state index contributed by atoms with van der Waals surface area (Å²) < 4.78 is 10.7. The smallest absolute Gasteiger partial charge is 0.274 e. The maximum atomic E-state index is 12.8. The average Bonchev–Trinajstić information content (AvgIpc) is 3.51. The van der Waals surface area contributed by atoms with Crippen LogP contribution >= 0.6 is 0 Å². The molecule has 0 radical (unpaired) electrons. The van der Waals surface area contributed by atoms with E-state index in [4.69, 9.17) is 9.26 Å². The van der Waals surface area contributed by atoms with E-state index in [1.165, 1.54) is 11.1 Å². The number of benzene rings is 2. The van der Waals surface area contributed by atoms with Crippen LogP contribution in [0.1, 0.15) is 63.3 Å². The van der Waals surface area contributed by atoms with Crippen LogP contribution in [0.5, 0.6) is 5.75 Å². The molecule has 1 aliphatic rings. The van der Waals surface area contributed by atoms with E-state index in [0.29, 0.717) is 24.7 Å². The Hall–Kier alpha value is -3.12. The second kappa shape index (κ2) is 9.35. The largest absolute Gasteiger partial charge is 0.496 e. The molecule has 1 atom stereocenters. The van der Waals surface area contributed by atoms with E-state index >= 15 is 0 Å². The van der Waals surface area contributed by atoms with Crippen molar-refractivity contribution in [2.24, 2.45) is 0 Å². The third-order valence-corrected chi connectivity index (χ3v) is 5.77. The molecule has 4 rings (SSSR count). The van der Waals surface area contributed by atoms with Crippen molar-refractivity contribution in [3.05, 3.63) is 82.2 Å². The predicted octanol–water partition coefficient (Wildman–Crippen LogP) is 4.44. The number of amides is 1. The van der Waals surface area contributed by atoms with Crippen LogP contribution < -0.4 is 15.4 Å². The molecule has 0 bridgehead atoms. The van der Waals surface area contributed by atoms with E-state index in [1.54, 1.807) is 13.2 Å². The molecule has 1 fully saturated rings. The molecule has 1 amide bonds. The Kier molecular flexibility index (Phi) is 6.37. The van der Waals surface area contributed by atoms with Gasteiger partial charge in [0.05, 0.1) is 13.2 Å². The highest BCUT2D eigenvalue weighted by atomic mass is 16.5. The monoisotopic (exact) mass is 419 g/mol. The van der Waals surface area contributed by atoms with Gasteiger partial charge < -0.3 is 19.9 Å². The van der Waals surface area contributed by atoms with Gasteiger partial charge in [0.1, 0.15) is 11.5 Å². The fourth-order valence-corrected chi connectivity index (χ4v) is 3.74. The zero-order chi connectivity index (χ0) is 21.8. The van der Waals surface area contributed by atoms with Crippen molar-refractivity contribution in [3.63, 3.8) is 0 Å². The van der Waals surface area contributed by atoms with Crippen LogP contribution in [-0.2, 0) is 6.54 Å². The van der Waals surface area contributed by atoms with Crippen molar-refractivity contribution >= 4 is 5.91 Å². The molecule has 1 aliphatic carbocycles. The summed E-state index contributed by atoms with van der Waals surface area (Å²) in [6.45, 7) is 5.42. The van der Waals surface area contributed by atoms with Crippen molar-refractivity contribution in [2.75, 3.05) is 13.7 Å². The minimum absolute atomic E-state index is 0.186. The zero-order valence-electron chi connectivity index (χ0n) is 18.3. The number of rotatable bonds is 9. The summed E-state index contributed by atoms with van der Waals surface area (Å²) in [5, 5.41) is 10.6. The maximum absolute atomic E-state index is 12.8. The molecular weight excluding hydrogens is 390 g/mol. The van der Waals surface area contributed by atoms with Gasteiger partial charge >= 0.3 is 0 Å². The van der Waals surface area contributed by atoms with E-state index in [2.05, 4.69) is 34.8 Å². The van der Waals surface area contributed by atoms with Gasteiger partial charge in [0.2, 0.25) is 0 Å². The van der Waals surface area contributed by atoms with Gasteiger partial charge in [0, 0.05) is 25.1 Å². The number of hydrogen-bond donors (Lipinski definition) is 2. The Bertz CT molecular complexity index is 1040. The lowest BCUT2D eigenvalue weighted by Crippen LogP contribution is -2.35. The van der Waals surface area contributed by atoms with Crippen molar-refractivity contribution in [1.29, 1.82) is 0 Å². The van der Waals surface area contributed by atoms with E-state index in [9.17, 15) is 4.79 Å². The molecule has 6 nitrogen and oxygen atoms in total. The summed E-state index contributed by atoms with van der Waals surface area (Å²) in [6, 6.07) is 15.8. The number of aryl methyl sites for hydroxylation is 2. The Balaban J connectivity index is 1.43. The van der Waals surface area contributed by atoms with Crippen LogP contribution in [0.15, 0.2) is 53.1 Å². The molecule has 0 aliphatic heterocycles. The number of carbonyl (C=O) groups is 1. The van der Waals surface area contributed by atoms with Gasteiger partial charge in [0.25, 0.3) is 5.91 Å². The Morgan fingerprint density at radius 1 is 1.16 bits per heavy atom. The number of methoxy groups -OCH3 is 1. The number of nitrogens with one attached hydrogen (secondary N) is 2. The first-order valence-electron chi connectivity index (χ1n) is 10.7. The summed E-state index contributed by atoms with van der Waals surface area (Å²) in [5.74, 6) is 1.92. The third kappa shape index (κ3) is 5.14. The fraction of sp³-hybridized carbons (Fsp3) is 0.360. The van der Waals surface area contributed by atoms with Crippen LogP contribution in [0.3, 0.4) is 0 Å². The number of nitrogens with zero attached hydrogens (tertiary/aromatic N) is 1. The van der Waals surface area contributed by atoms with Gasteiger partial charge in [-0.25, -0.2) is 0 Å². The molecule has 2 N–H and O–H groups in total. The third-order valence-electron chi connectivity index (χ3n) is 5.77. The highest BCUT2D eigenvalue weighted by Crippen LogP contribution is 2.40. The Morgan fingerprint density at radius 2 is 1.94 bits per heavy atom. The van der Waals surface area contributed by atoms with E-state index in [0.717, 1.165) is 35.5 Å². The van der Waals surface area contributed by atoms with Gasteiger partial charge in [-0.3, -0.25) is 4.79 Å². The zero-order valence-corrected chi connectivity index (χ0v) is 18.3. The van der Waals surface area contributed by atoms with Crippen LogP contribution in [0.2, 0.25) is 0 Å². The highest BCUT2D eigenvalue weighted by molar-refractivity contribution is 5.92. The minimum Gasteiger partial charge on any atom is -0.496 e. The number of hydrogen-bond acceptors (Lipinski definition) is 5. The van der Waals surface area contributed by atoms with Gasteiger partial charge in [-0.15, -0.1) is 0 Å². The molecule has 0 spiro atoms. The van der Waals surface area contributed by atoms with Crippen LogP contribution in [-0.4, -0.2) is 24.7 Å². The normalized spacial score (nSPS) is 14.3. The molecule has 1 saturated carbocycles. The molecule has 1 heterocycles. The molecule has 31 heavy (non-hydrogen) atoms. The molecule has 0 saturated heterocycles. The van der Waals surface area contributed by atoms with Crippen LogP contribution in [0.25, 0.3) is 0 Å². The van der Waals surface area contributed by atoms with Crippen molar-refractivity contribution in [3.8, 4) is 5.75 Å². The number of carbonyl (C=O) groups excluding carboxylic acids is 1. The minimum atomic E-state index is -0.220. The molecular formula is C25H29N3O3. The van der Waals surface area contributed by atoms with Gasteiger partial charge in [-0.2, -0.15) is 0 Å². The molecule has 6 heteroatoms. The van der Waals surface area contributed by atoms with E-state index < -0.39 is 0 Å². The summed E-state index contributed by atoms with van der Waals surface area (Å²) in [6.07, 6.45) is 2.22. The van der Waals surface area contributed by atoms with E-state index in [-0.39, 0.29) is 11.9 Å². The highest BCUT2D eigenvalue weighted by Gasteiger charge is 2.29. The van der Waals surface area contributed by atoms with E-state index in [1.807, 2.05) is 37.3 Å². The van der Waals surface area contributed by atoms with Crippen molar-refractivity contribution in [1.82, 2.24) is 15.8 Å². The van der Waals surface area contributed by atoms with Gasteiger partial charge in [-0.1, -0.05) is 41.6 Å². The topological polar surface area (TPSA) is 76.4 Å². The summed E-state index contributed by atoms with van der Waals surface area (Å²) >= 11 is 0. The fourth-order valence-electron chi connectivity index (χ4n) is 3.74. The summed E-state index contributed by atoms with van der Waals surface area (Å²) in [5.41, 5.74) is 4.86. The first kappa shape index (κ1) is 21.1. The first-order chi connectivity index (χ1) is 15.0. The molecule has 1 unspecified atom stereocenters. The quantitative estimate of drug-likeness (QED) is 0.536. The molecule has 2 aromatic carbocycles. The summed E-state index contributed by atoms with van der Waals surface area (Å²) in [4.78, 5) is 12.8. The second-order valence-corrected chi connectivity index (χ2v) is 8.20. The first-order valence-corrected chi connectivity index (χ1v) is 10.7. The molecule has 1 aromatic heterocycles. The maximum Gasteiger partial charge on any atom is 0.274 e. The predicted molar refractivity (Wildman–Crippen MR) is 119 cm³/mol. The molecule has 162 valence electrons. The number of aromatic nitrogens is 1. The number of ether oxygens (including phenoxy) is 1. The Morgan fingerprint density at radius 3 is 2.65 bits per heavy atom. The van der Waals surface area contributed by atoms with Crippen LogP contribution in [0.4, 0.5) is 0 Å². The van der Waals surface area contributed by atoms with Gasteiger partial charge in [-0.05, 0) is 55.0 Å². The average molecular weight is 420 g/mol. The van der Waals surface area contributed by atoms with Crippen molar-refractivity contribution in [2.45, 2.75) is 45.2 Å². The second-order valence-electron chi connectivity index (χ2n) is 8.20. The summed E-state index contributed by atoms with van der Waals surface area (Å²) in [7, 11) is 1.69. The lowest BCUT2D eigenvalue weighted by atomic mass is 10.0. The lowest BCUT2D eigenvalue weighted by Gasteiger charge is -2.20. The van der Waals surface area contributed by atoms with Gasteiger partial charge in [0.15, 0.2) is 5.69 Å². The van der Waals surface area contributed by atoms with Crippen molar-refractivity contribution < 1.29 is 14.1 Å². The lowest BCUT2D eigenvalue weighted by molar-refractivity contribution is 0.0927.